The van der Waals surface area contributed by atoms with Gasteiger partial charge in [0.25, 0.3) is 0 Å². The quantitative estimate of drug-likeness (QED) is 0.868. The third kappa shape index (κ3) is 3.09. The molecule has 1 aromatic rings. The van der Waals surface area contributed by atoms with Gasteiger partial charge in [-0.3, -0.25) is 0 Å². The van der Waals surface area contributed by atoms with Gasteiger partial charge in [-0.1, -0.05) is 6.07 Å². The molecule has 106 valence electrons. The highest BCUT2D eigenvalue weighted by atomic mass is 16.3. The van der Waals surface area contributed by atoms with Gasteiger partial charge in [0.05, 0.1) is 23.3 Å². The van der Waals surface area contributed by atoms with Crippen molar-refractivity contribution in [1.29, 1.82) is 5.26 Å². The van der Waals surface area contributed by atoms with Crippen LogP contribution in [0.15, 0.2) is 24.3 Å². The van der Waals surface area contributed by atoms with Gasteiger partial charge in [-0.05, 0) is 44.9 Å². The summed E-state index contributed by atoms with van der Waals surface area (Å²) in [5.41, 5.74) is 0.182. The minimum Gasteiger partial charge on any atom is -0.388 e. The smallest absolute Gasteiger partial charge is 0.322 e. The highest BCUT2D eigenvalue weighted by Crippen LogP contribution is 2.27. The SMILES string of the molecule is CC(C)(O)C1CCCN1C(=O)Nc1cccc(C#N)c1. The van der Waals surface area contributed by atoms with Crippen LogP contribution >= 0.6 is 0 Å². The van der Waals surface area contributed by atoms with E-state index in [-0.39, 0.29) is 12.1 Å². The second kappa shape index (κ2) is 5.51. The van der Waals surface area contributed by atoms with Gasteiger partial charge in [-0.25, -0.2) is 4.79 Å². The molecule has 2 amide bonds. The van der Waals surface area contributed by atoms with Crippen molar-refractivity contribution in [3.05, 3.63) is 29.8 Å². The molecule has 5 nitrogen and oxygen atoms in total. The molecule has 1 saturated heterocycles. The molecule has 5 heteroatoms. The fourth-order valence-corrected chi connectivity index (χ4v) is 2.61. The van der Waals surface area contributed by atoms with Gasteiger partial charge in [0.15, 0.2) is 0 Å². The zero-order valence-electron chi connectivity index (χ0n) is 11.8. The molecule has 2 rings (SSSR count). The van der Waals surface area contributed by atoms with E-state index in [1.54, 1.807) is 43.0 Å². The monoisotopic (exact) mass is 273 g/mol. The minimum absolute atomic E-state index is 0.179. The number of nitrogens with zero attached hydrogens (tertiary/aromatic N) is 2. The molecule has 0 bridgehead atoms. The van der Waals surface area contributed by atoms with Crippen LogP contribution in [0.2, 0.25) is 0 Å². The second-order valence-electron chi connectivity index (χ2n) is 5.63. The van der Waals surface area contributed by atoms with Crippen LogP contribution in [0.4, 0.5) is 10.5 Å². The number of hydrogen-bond acceptors (Lipinski definition) is 3. The molecule has 0 radical (unpaired) electrons. The molecule has 0 aliphatic carbocycles. The van der Waals surface area contributed by atoms with Gasteiger partial charge in [-0.2, -0.15) is 5.26 Å². The van der Waals surface area contributed by atoms with E-state index in [4.69, 9.17) is 5.26 Å². The van der Waals surface area contributed by atoms with E-state index in [0.29, 0.717) is 17.8 Å². The normalized spacial score (nSPS) is 18.7. The molecule has 2 N–H and O–H groups in total. The molecule has 1 fully saturated rings. The lowest BCUT2D eigenvalue weighted by Gasteiger charge is -2.33. The third-order valence-corrected chi connectivity index (χ3v) is 3.57. The second-order valence-corrected chi connectivity index (χ2v) is 5.63. The number of carbonyl (C=O) groups excluding carboxylic acids is 1. The van der Waals surface area contributed by atoms with E-state index < -0.39 is 5.60 Å². The molecule has 1 aromatic carbocycles. The number of benzene rings is 1. The summed E-state index contributed by atoms with van der Waals surface area (Å²) in [6.07, 6.45) is 1.69. The van der Waals surface area contributed by atoms with Crippen molar-refractivity contribution in [3.63, 3.8) is 0 Å². The first-order chi connectivity index (χ1) is 9.41. The highest BCUT2D eigenvalue weighted by molar-refractivity contribution is 5.90. The highest BCUT2D eigenvalue weighted by Gasteiger charge is 2.38. The third-order valence-electron chi connectivity index (χ3n) is 3.57. The molecule has 1 atom stereocenters. The molecule has 0 aromatic heterocycles. The molecule has 1 aliphatic rings. The van der Waals surface area contributed by atoms with Crippen LogP contribution in [0.5, 0.6) is 0 Å². The van der Waals surface area contributed by atoms with Crippen molar-refractivity contribution in [3.8, 4) is 6.07 Å². The van der Waals surface area contributed by atoms with E-state index in [0.717, 1.165) is 12.8 Å². The number of rotatable bonds is 2. The number of urea groups is 1. The Morgan fingerprint density at radius 2 is 2.30 bits per heavy atom. The Labute approximate surface area is 118 Å². The Morgan fingerprint density at radius 1 is 1.55 bits per heavy atom. The van der Waals surface area contributed by atoms with Gasteiger partial charge in [0, 0.05) is 12.2 Å². The molecular formula is C15H19N3O2. The summed E-state index contributed by atoms with van der Waals surface area (Å²) in [4.78, 5) is 14.0. The molecule has 1 unspecified atom stereocenters. The molecule has 20 heavy (non-hydrogen) atoms. The number of aliphatic hydroxyl groups is 1. The van der Waals surface area contributed by atoms with Gasteiger partial charge < -0.3 is 15.3 Å². The van der Waals surface area contributed by atoms with Crippen LogP contribution in [0.3, 0.4) is 0 Å². The van der Waals surface area contributed by atoms with Crippen LogP contribution < -0.4 is 5.32 Å². The average Bonchev–Trinajstić information content (AvgIpc) is 2.88. The first kappa shape index (κ1) is 14.4. The topological polar surface area (TPSA) is 76.4 Å². The Balaban J connectivity index is 2.10. The first-order valence-corrected chi connectivity index (χ1v) is 6.72. The summed E-state index contributed by atoms with van der Waals surface area (Å²) in [6.45, 7) is 4.08. The molecular weight excluding hydrogens is 254 g/mol. The fraction of sp³-hybridized carbons (Fsp3) is 0.467. The lowest BCUT2D eigenvalue weighted by molar-refractivity contribution is 0.0117. The maximum absolute atomic E-state index is 12.3. The zero-order chi connectivity index (χ0) is 14.8. The molecule has 0 saturated carbocycles. The van der Waals surface area contributed by atoms with Crippen molar-refractivity contribution < 1.29 is 9.90 Å². The standard InChI is InChI=1S/C15H19N3O2/c1-15(2,20)13-7-4-8-18(13)14(19)17-12-6-3-5-11(9-12)10-16/h3,5-6,9,13,20H,4,7-8H2,1-2H3,(H,17,19). The number of carbonyl (C=O) groups is 1. The summed E-state index contributed by atoms with van der Waals surface area (Å²) in [6, 6.07) is 8.42. The molecule has 0 spiro atoms. The Bertz CT molecular complexity index is 543. The first-order valence-electron chi connectivity index (χ1n) is 6.72. The number of anilines is 1. The van der Waals surface area contributed by atoms with Gasteiger partial charge in [-0.15, -0.1) is 0 Å². The van der Waals surface area contributed by atoms with Crippen LogP contribution in [0.1, 0.15) is 32.3 Å². The van der Waals surface area contributed by atoms with Gasteiger partial charge in [0.2, 0.25) is 0 Å². The maximum Gasteiger partial charge on any atom is 0.322 e. The van der Waals surface area contributed by atoms with Gasteiger partial charge >= 0.3 is 6.03 Å². The number of nitriles is 1. The zero-order valence-corrected chi connectivity index (χ0v) is 11.8. The summed E-state index contributed by atoms with van der Waals surface area (Å²) in [7, 11) is 0. The van der Waals surface area contributed by atoms with E-state index in [2.05, 4.69) is 5.32 Å². The summed E-state index contributed by atoms with van der Waals surface area (Å²) >= 11 is 0. The van der Waals surface area contributed by atoms with Crippen LogP contribution in [-0.2, 0) is 0 Å². The summed E-state index contributed by atoms with van der Waals surface area (Å²) < 4.78 is 0. The summed E-state index contributed by atoms with van der Waals surface area (Å²) in [5, 5.41) is 21.8. The number of hydrogen-bond donors (Lipinski definition) is 2. The maximum atomic E-state index is 12.3. The predicted octanol–water partition coefficient (Wildman–Crippen LogP) is 2.33. The Morgan fingerprint density at radius 3 is 2.95 bits per heavy atom. The van der Waals surface area contributed by atoms with Crippen molar-refractivity contribution in [2.75, 3.05) is 11.9 Å². The van der Waals surface area contributed by atoms with E-state index >= 15 is 0 Å². The van der Waals surface area contributed by atoms with E-state index in [1.165, 1.54) is 0 Å². The van der Waals surface area contributed by atoms with Crippen molar-refractivity contribution in [1.82, 2.24) is 4.90 Å². The van der Waals surface area contributed by atoms with Crippen LogP contribution in [0.25, 0.3) is 0 Å². The fourth-order valence-electron chi connectivity index (χ4n) is 2.61. The van der Waals surface area contributed by atoms with Crippen LogP contribution in [0, 0.1) is 11.3 Å². The Hall–Kier alpha value is -2.06. The van der Waals surface area contributed by atoms with Crippen molar-refractivity contribution >= 4 is 11.7 Å². The molecule has 1 heterocycles. The average molecular weight is 273 g/mol. The van der Waals surface area contributed by atoms with Crippen molar-refractivity contribution in [2.24, 2.45) is 0 Å². The summed E-state index contributed by atoms with van der Waals surface area (Å²) in [5.74, 6) is 0. The minimum atomic E-state index is -0.914. The molecule has 1 aliphatic heterocycles. The lowest BCUT2D eigenvalue weighted by Crippen LogP contribution is -2.49. The number of likely N-dealkylation sites (tertiary alicyclic amines) is 1. The lowest BCUT2D eigenvalue weighted by atomic mass is 9.97. The van der Waals surface area contributed by atoms with E-state index in [9.17, 15) is 9.90 Å². The Kier molecular flexibility index (Phi) is 3.96. The largest absolute Gasteiger partial charge is 0.388 e. The number of amides is 2. The number of nitrogens with one attached hydrogen (secondary N) is 1. The van der Waals surface area contributed by atoms with E-state index in [1.807, 2.05) is 6.07 Å². The van der Waals surface area contributed by atoms with Crippen LogP contribution in [-0.4, -0.2) is 34.2 Å². The van der Waals surface area contributed by atoms with Gasteiger partial charge in [0.1, 0.15) is 0 Å². The van der Waals surface area contributed by atoms with Crippen molar-refractivity contribution in [2.45, 2.75) is 38.3 Å². The predicted molar refractivity (Wildman–Crippen MR) is 76.2 cm³/mol.